The zero-order chi connectivity index (χ0) is 13.2. The second-order valence-electron chi connectivity index (χ2n) is 4.71. The van der Waals surface area contributed by atoms with Crippen molar-refractivity contribution >= 4 is 22.4 Å². The van der Waals surface area contributed by atoms with Crippen molar-refractivity contribution in [3.8, 4) is 0 Å². The summed E-state index contributed by atoms with van der Waals surface area (Å²) in [5.41, 5.74) is 4.09. The Balaban J connectivity index is 1.85. The summed E-state index contributed by atoms with van der Waals surface area (Å²) in [6.45, 7) is 3.84. The molecule has 19 heavy (non-hydrogen) atoms. The van der Waals surface area contributed by atoms with Gasteiger partial charge in [-0.2, -0.15) is 4.37 Å². The molecule has 5 heteroatoms. The summed E-state index contributed by atoms with van der Waals surface area (Å²) in [4.78, 5) is 6.89. The number of nitrogens with zero attached hydrogens (tertiary/aromatic N) is 3. The first-order valence-corrected chi connectivity index (χ1v) is 7.24. The first-order chi connectivity index (χ1) is 9.29. The number of rotatable bonds is 4. The number of ether oxygens (including phenoxy) is 1. The van der Waals surface area contributed by atoms with Gasteiger partial charge in [-0.1, -0.05) is 12.1 Å². The van der Waals surface area contributed by atoms with Crippen LogP contribution in [0.1, 0.15) is 17.0 Å². The van der Waals surface area contributed by atoms with Crippen LogP contribution in [0.4, 0.5) is 10.8 Å². The molecule has 100 valence electrons. The number of aromatic nitrogens is 2. The molecule has 2 heterocycles. The molecule has 0 saturated carbocycles. The molecule has 0 radical (unpaired) electrons. The maximum Gasteiger partial charge on any atom is 0.209 e. The van der Waals surface area contributed by atoms with Crippen LogP contribution in [-0.2, 0) is 17.6 Å². The SMILES string of the molecule is COCCc1nsc(N2CCc3c(C)cccc32)n1. The van der Waals surface area contributed by atoms with Crippen molar-refractivity contribution in [3.63, 3.8) is 0 Å². The first kappa shape index (κ1) is 12.6. The van der Waals surface area contributed by atoms with Gasteiger partial charge in [0.05, 0.1) is 6.61 Å². The Morgan fingerprint density at radius 1 is 1.42 bits per heavy atom. The summed E-state index contributed by atoms with van der Waals surface area (Å²) >= 11 is 1.48. The molecule has 0 N–H and O–H groups in total. The molecule has 0 amide bonds. The Morgan fingerprint density at radius 3 is 3.16 bits per heavy atom. The summed E-state index contributed by atoms with van der Waals surface area (Å²) in [6, 6.07) is 6.46. The quantitative estimate of drug-likeness (QED) is 0.860. The number of benzene rings is 1. The standard InChI is InChI=1S/C14H17N3OS/c1-10-4-3-5-12-11(10)6-8-17(12)14-15-13(16-19-14)7-9-18-2/h3-5H,6-9H2,1-2H3. The van der Waals surface area contributed by atoms with E-state index in [1.807, 2.05) is 0 Å². The fourth-order valence-corrected chi connectivity index (χ4v) is 3.21. The molecule has 0 spiro atoms. The summed E-state index contributed by atoms with van der Waals surface area (Å²) < 4.78 is 9.47. The van der Waals surface area contributed by atoms with E-state index in [1.165, 1.54) is 28.3 Å². The number of methoxy groups -OCH3 is 1. The lowest BCUT2D eigenvalue weighted by Gasteiger charge is -2.15. The molecular weight excluding hydrogens is 258 g/mol. The number of aryl methyl sites for hydroxylation is 1. The summed E-state index contributed by atoms with van der Waals surface area (Å²) in [7, 11) is 1.70. The zero-order valence-electron chi connectivity index (χ0n) is 11.2. The predicted octanol–water partition coefficient (Wildman–Crippen LogP) is 2.73. The molecule has 0 saturated heterocycles. The van der Waals surface area contributed by atoms with Gasteiger partial charge in [0.1, 0.15) is 5.82 Å². The van der Waals surface area contributed by atoms with Crippen molar-refractivity contribution in [2.24, 2.45) is 0 Å². The smallest absolute Gasteiger partial charge is 0.209 e. The lowest BCUT2D eigenvalue weighted by atomic mass is 10.1. The maximum atomic E-state index is 5.06. The van der Waals surface area contributed by atoms with Gasteiger partial charge in [0.25, 0.3) is 0 Å². The predicted molar refractivity (Wildman–Crippen MR) is 77.4 cm³/mol. The number of hydrogen-bond acceptors (Lipinski definition) is 5. The highest BCUT2D eigenvalue weighted by Crippen LogP contribution is 2.36. The van der Waals surface area contributed by atoms with E-state index >= 15 is 0 Å². The van der Waals surface area contributed by atoms with Crippen molar-refractivity contribution in [1.82, 2.24) is 9.36 Å². The van der Waals surface area contributed by atoms with E-state index in [1.54, 1.807) is 7.11 Å². The van der Waals surface area contributed by atoms with Crippen LogP contribution in [0.25, 0.3) is 0 Å². The highest BCUT2D eigenvalue weighted by molar-refractivity contribution is 7.09. The van der Waals surface area contributed by atoms with Gasteiger partial charge in [0, 0.05) is 37.3 Å². The molecule has 1 aliphatic heterocycles. The number of hydrogen-bond donors (Lipinski definition) is 0. The van der Waals surface area contributed by atoms with E-state index < -0.39 is 0 Å². The van der Waals surface area contributed by atoms with Crippen molar-refractivity contribution in [2.45, 2.75) is 19.8 Å². The van der Waals surface area contributed by atoms with Gasteiger partial charge in [-0.15, -0.1) is 0 Å². The van der Waals surface area contributed by atoms with Gasteiger partial charge < -0.3 is 9.64 Å². The first-order valence-electron chi connectivity index (χ1n) is 6.47. The second kappa shape index (κ2) is 5.27. The number of fused-ring (bicyclic) bond motifs is 1. The third-order valence-corrected chi connectivity index (χ3v) is 4.26. The van der Waals surface area contributed by atoms with E-state index in [0.29, 0.717) is 6.61 Å². The van der Waals surface area contributed by atoms with Crippen molar-refractivity contribution < 1.29 is 4.74 Å². The molecule has 0 bridgehead atoms. The molecule has 0 unspecified atom stereocenters. The molecule has 0 fully saturated rings. The van der Waals surface area contributed by atoms with Crippen LogP contribution in [0.2, 0.25) is 0 Å². The monoisotopic (exact) mass is 275 g/mol. The van der Waals surface area contributed by atoms with Crippen LogP contribution in [0, 0.1) is 6.92 Å². The van der Waals surface area contributed by atoms with Gasteiger partial charge >= 0.3 is 0 Å². The van der Waals surface area contributed by atoms with Gasteiger partial charge in [-0.3, -0.25) is 0 Å². The molecule has 1 aromatic carbocycles. The van der Waals surface area contributed by atoms with Crippen molar-refractivity contribution in [1.29, 1.82) is 0 Å². The summed E-state index contributed by atoms with van der Waals surface area (Å²) in [5, 5.41) is 0.996. The maximum absolute atomic E-state index is 5.06. The third-order valence-electron chi connectivity index (χ3n) is 3.48. The van der Waals surface area contributed by atoms with Crippen LogP contribution in [0.15, 0.2) is 18.2 Å². The second-order valence-corrected chi connectivity index (χ2v) is 5.44. The van der Waals surface area contributed by atoms with Crippen LogP contribution in [-0.4, -0.2) is 29.6 Å². The van der Waals surface area contributed by atoms with Crippen LogP contribution >= 0.6 is 11.5 Å². The topological polar surface area (TPSA) is 38.2 Å². The van der Waals surface area contributed by atoms with Gasteiger partial charge in [-0.25, -0.2) is 4.98 Å². The molecule has 2 aromatic rings. The highest BCUT2D eigenvalue weighted by atomic mass is 32.1. The molecule has 1 aromatic heterocycles. The average Bonchev–Trinajstić information content (AvgIpc) is 3.02. The number of anilines is 2. The molecule has 0 aliphatic carbocycles. The Labute approximate surface area is 117 Å². The van der Waals surface area contributed by atoms with Gasteiger partial charge in [0.15, 0.2) is 0 Å². The molecular formula is C14H17N3OS. The normalized spacial score (nSPS) is 13.9. The Hall–Kier alpha value is -1.46. The van der Waals surface area contributed by atoms with Crippen LogP contribution in [0.5, 0.6) is 0 Å². The van der Waals surface area contributed by atoms with E-state index in [4.69, 9.17) is 4.74 Å². The van der Waals surface area contributed by atoms with E-state index in [9.17, 15) is 0 Å². The van der Waals surface area contributed by atoms with Crippen molar-refractivity contribution in [3.05, 3.63) is 35.2 Å². The van der Waals surface area contributed by atoms with Crippen LogP contribution < -0.4 is 4.90 Å². The lowest BCUT2D eigenvalue weighted by Crippen LogP contribution is -2.13. The van der Waals surface area contributed by atoms with Gasteiger partial charge in [0.2, 0.25) is 5.13 Å². The molecule has 3 rings (SSSR count). The third kappa shape index (κ3) is 2.35. The zero-order valence-corrected chi connectivity index (χ0v) is 12.0. The van der Waals surface area contributed by atoms with Gasteiger partial charge in [-0.05, 0) is 30.5 Å². The van der Waals surface area contributed by atoms with Crippen molar-refractivity contribution in [2.75, 3.05) is 25.2 Å². The minimum Gasteiger partial charge on any atom is -0.384 e. The Morgan fingerprint density at radius 2 is 2.32 bits per heavy atom. The Bertz CT molecular complexity index is 582. The fourth-order valence-electron chi connectivity index (χ4n) is 2.46. The average molecular weight is 275 g/mol. The minimum atomic E-state index is 0.672. The lowest BCUT2D eigenvalue weighted by molar-refractivity contribution is 0.201. The largest absolute Gasteiger partial charge is 0.384 e. The molecule has 0 atom stereocenters. The minimum absolute atomic E-state index is 0.672. The molecule has 1 aliphatic rings. The summed E-state index contributed by atoms with van der Waals surface area (Å²) in [5.74, 6) is 0.878. The van der Waals surface area contributed by atoms with E-state index in [0.717, 1.165) is 30.3 Å². The van der Waals surface area contributed by atoms with E-state index in [2.05, 4.69) is 39.4 Å². The van der Waals surface area contributed by atoms with E-state index in [-0.39, 0.29) is 0 Å². The fraction of sp³-hybridized carbons (Fsp3) is 0.429. The summed E-state index contributed by atoms with van der Waals surface area (Å²) in [6.07, 6.45) is 1.87. The Kier molecular flexibility index (Phi) is 3.48. The van der Waals surface area contributed by atoms with Crippen LogP contribution in [0.3, 0.4) is 0 Å². The highest BCUT2D eigenvalue weighted by Gasteiger charge is 2.24. The molecule has 4 nitrogen and oxygen atoms in total.